The number of amides is 1. The molecule has 0 aliphatic heterocycles. The van der Waals surface area contributed by atoms with Crippen LogP contribution in [0.2, 0.25) is 0 Å². The fraction of sp³-hybridized carbons (Fsp3) is 0.190. The first kappa shape index (κ1) is 19.6. The standard InChI is InChI=1S/C21H20N2O4S/c1-3-26-19-7-5-4-6-18(19)21-23-16(13-28-21)12-20(25)27-17-10-8-15(9-11-17)22-14(2)24/h4-11,13H,3,12H2,1-2H3,(H,22,24). The van der Waals surface area contributed by atoms with E-state index in [0.29, 0.717) is 23.7 Å². The molecule has 6 nitrogen and oxygen atoms in total. The second kappa shape index (κ2) is 9.14. The zero-order chi connectivity index (χ0) is 19.9. The topological polar surface area (TPSA) is 77.5 Å². The molecule has 0 saturated carbocycles. The summed E-state index contributed by atoms with van der Waals surface area (Å²) < 4.78 is 11.0. The van der Waals surface area contributed by atoms with Crippen molar-refractivity contribution in [1.29, 1.82) is 0 Å². The summed E-state index contributed by atoms with van der Waals surface area (Å²) in [4.78, 5) is 27.8. The van der Waals surface area contributed by atoms with Crippen LogP contribution in [0.5, 0.6) is 11.5 Å². The fourth-order valence-corrected chi connectivity index (χ4v) is 3.41. The highest BCUT2D eigenvalue weighted by molar-refractivity contribution is 7.13. The number of anilines is 1. The van der Waals surface area contributed by atoms with Crippen molar-refractivity contribution in [3.8, 4) is 22.1 Å². The van der Waals surface area contributed by atoms with Gasteiger partial charge < -0.3 is 14.8 Å². The Bertz CT molecular complexity index is 967. The summed E-state index contributed by atoms with van der Waals surface area (Å²) in [6.45, 7) is 3.94. The summed E-state index contributed by atoms with van der Waals surface area (Å²) in [6.07, 6.45) is 0.0702. The van der Waals surface area contributed by atoms with Gasteiger partial charge in [-0.15, -0.1) is 11.3 Å². The molecule has 1 amide bonds. The number of hydrogen-bond donors (Lipinski definition) is 1. The highest BCUT2D eigenvalue weighted by atomic mass is 32.1. The third kappa shape index (κ3) is 5.17. The maximum atomic E-state index is 12.2. The number of carbonyl (C=O) groups is 2. The summed E-state index contributed by atoms with van der Waals surface area (Å²) in [7, 11) is 0. The molecule has 1 N–H and O–H groups in total. The molecule has 1 aromatic heterocycles. The highest BCUT2D eigenvalue weighted by Crippen LogP contribution is 2.32. The lowest BCUT2D eigenvalue weighted by atomic mass is 10.2. The van der Waals surface area contributed by atoms with Gasteiger partial charge in [0.05, 0.1) is 24.3 Å². The highest BCUT2D eigenvalue weighted by Gasteiger charge is 2.13. The predicted octanol–water partition coefficient (Wildman–Crippen LogP) is 4.32. The summed E-state index contributed by atoms with van der Waals surface area (Å²) in [6, 6.07) is 14.3. The van der Waals surface area contributed by atoms with E-state index in [1.807, 2.05) is 36.6 Å². The number of aromatic nitrogens is 1. The van der Waals surface area contributed by atoms with Crippen molar-refractivity contribution in [3.63, 3.8) is 0 Å². The third-order valence-electron chi connectivity index (χ3n) is 3.70. The Morgan fingerprint density at radius 2 is 1.86 bits per heavy atom. The van der Waals surface area contributed by atoms with E-state index in [-0.39, 0.29) is 12.3 Å². The van der Waals surface area contributed by atoms with Crippen LogP contribution >= 0.6 is 11.3 Å². The van der Waals surface area contributed by atoms with Crippen LogP contribution in [0.15, 0.2) is 53.9 Å². The van der Waals surface area contributed by atoms with Crippen LogP contribution in [0.3, 0.4) is 0 Å². The number of ether oxygens (including phenoxy) is 2. The van der Waals surface area contributed by atoms with Crippen LogP contribution in [0, 0.1) is 0 Å². The molecule has 0 bridgehead atoms. The van der Waals surface area contributed by atoms with Gasteiger partial charge in [-0.1, -0.05) is 12.1 Å². The Labute approximate surface area is 167 Å². The fourth-order valence-electron chi connectivity index (χ4n) is 2.56. The molecule has 3 aromatic rings. The Morgan fingerprint density at radius 1 is 1.11 bits per heavy atom. The number of nitrogens with zero attached hydrogens (tertiary/aromatic N) is 1. The lowest BCUT2D eigenvalue weighted by Gasteiger charge is -2.07. The molecule has 0 radical (unpaired) electrons. The number of nitrogens with one attached hydrogen (secondary N) is 1. The quantitative estimate of drug-likeness (QED) is 0.475. The van der Waals surface area contributed by atoms with Crippen molar-refractivity contribution in [2.45, 2.75) is 20.3 Å². The lowest BCUT2D eigenvalue weighted by molar-refractivity contribution is -0.133. The first-order valence-electron chi connectivity index (χ1n) is 8.80. The molecular weight excluding hydrogens is 376 g/mol. The van der Waals surface area contributed by atoms with E-state index in [0.717, 1.165) is 16.3 Å². The molecule has 0 aliphatic rings. The molecule has 0 spiro atoms. The second-order valence-corrected chi connectivity index (χ2v) is 6.79. The van der Waals surface area contributed by atoms with Crippen molar-refractivity contribution in [2.24, 2.45) is 0 Å². The van der Waals surface area contributed by atoms with Crippen LogP contribution in [-0.2, 0) is 16.0 Å². The number of esters is 1. The van der Waals surface area contributed by atoms with Gasteiger partial charge in [-0.25, -0.2) is 4.98 Å². The number of benzene rings is 2. The maximum absolute atomic E-state index is 12.2. The average molecular weight is 396 g/mol. The Morgan fingerprint density at radius 3 is 2.57 bits per heavy atom. The zero-order valence-corrected chi connectivity index (χ0v) is 16.4. The average Bonchev–Trinajstić information content (AvgIpc) is 3.12. The van der Waals surface area contributed by atoms with Gasteiger partial charge in [0.2, 0.25) is 5.91 Å². The SMILES string of the molecule is CCOc1ccccc1-c1nc(CC(=O)Oc2ccc(NC(C)=O)cc2)cs1. The van der Waals surface area contributed by atoms with E-state index in [1.165, 1.54) is 18.3 Å². The number of thiazole rings is 1. The Hall–Kier alpha value is -3.19. The van der Waals surface area contributed by atoms with Gasteiger partial charge in [0.25, 0.3) is 0 Å². The molecule has 7 heteroatoms. The molecule has 1 heterocycles. The number of hydrogen-bond acceptors (Lipinski definition) is 6. The van der Waals surface area contributed by atoms with Crippen molar-refractivity contribution in [3.05, 3.63) is 59.6 Å². The first-order chi connectivity index (χ1) is 13.5. The second-order valence-electron chi connectivity index (χ2n) is 5.93. The van der Waals surface area contributed by atoms with Gasteiger partial charge in [-0.05, 0) is 43.3 Å². The minimum absolute atomic E-state index is 0.0702. The molecule has 0 aliphatic carbocycles. The summed E-state index contributed by atoms with van der Waals surface area (Å²) >= 11 is 1.46. The van der Waals surface area contributed by atoms with Crippen molar-refractivity contribution in [2.75, 3.05) is 11.9 Å². The van der Waals surface area contributed by atoms with Gasteiger partial charge in [-0.2, -0.15) is 0 Å². The molecule has 2 aromatic carbocycles. The Balaban J connectivity index is 1.63. The molecule has 0 fully saturated rings. The summed E-state index contributed by atoms with van der Waals surface area (Å²) in [5.41, 5.74) is 2.19. The van der Waals surface area contributed by atoms with E-state index in [1.54, 1.807) is 24.3 Å². The van der Waals surface area contributed by atoms with E-state index < -0.39 is 5.97 Å². The van der Waals surface area contributed by atoms with E-state index in [9.17, 15) is 9.59 Å². The van der Waals surface area contributed by atoms with Crippen LogP contribution in [0.25, 0.3) is 10.6 Å². The van der Waals surface area contributed by atoms with Crippen LogP contribution < -0.4 is 14.8 Å². The minimum atomic E-state index is -0.401. The van der Waals surface area contributed by atoms with E-state index >= 15 is 0 Å². The van der Waals surface area contributed by atoms with E-state index in [4.69, 9.17) is 9.47 Å². The number of para-hydroxylation sites is 1. The van der Waals surface area contributed by atoms with Crippen LogP contribution in [0.4, 0.5) is 5.69 Å². The number of carbonyl (C=O) groups excluding carboxylic acids is 2. The van der Waals surface area contributed by atoms with Crippen molar-refractivity contribution in [1.82, 2.24) is 4.98 Å². The number of rotatable bonds is 7. The maximum Gasteiger partial charge on any atom is 0.317 e. The predicted molar refractivity (Wildman–Crippen MR) is 109 cm³/mol. The monoisotopic (exact) mass is 396 g/mol. The first-order valence-corrected chi connectivity index (χ1v) is 9.68. The van der Waals surface area contributed by atoms with Crippen molar-refractivity contribution < 1.29 is 19.1 Å². The normalized spacial score (nSPS) is 10.4. The van der Waals surface area contributed by atoms with Gasteiger partial charge >= 0.3 is 5.97 Å². The van der Waals surface area contributed by atoms with Gasteiger partial charge in [0.1, 0.15) is 16.5 Å². The molecule has 144 valence electrons. The van der Waals surface area contributed by atoms with Crippen LogP contribution in [0.1, 0.15) is 19.5 Å². The lowest BCUT2D eigenvalue weighted by Crippen LogP contribution is -2.11. The summed E-state index contributed by atoms with van der Waals surface area (Å²) in [5, 5.41) is 5.30. The van der Waals surface area contributed by atoms with Gasteiger partial charge in [-0.3, -0.25) is 9.59 Å². The molecule has 0 atom stereocenters. The zero-order valence-electron chi connectivity index (χ0n) is 15.6. The van der Waals surface area contributed by atoms with Gasteiger partial charge in [0, 0.05) is 18.0 Å². The third-order valence-corrected chi connectivity index (χ3v) is 4.63. The van der Waals surface area contributed by atoms with Gasteiger partial charge in [0.15, 0.2) is 0 Å². The molecule has 28 heavy (non-hydrogen) atoms. The molecule has 0 saturated heterocycles. The molecular formula is C21H20N2O4S. The summed E-state index contributed by atoms with van der Waals surface area (Å²) in [5.74, 6) is 0.626. The Kier molecular flexibility index (Phi) is 6.39. The molecule has 3 rings (SSSR count). The van der Waals surface area contributed by atoms with Crippen molar-refractivity contribution >= 4 is 28.9 Å². The largest absolute Gasteiger partial charge is 0.493 e. The van der Waals surface area contributed by atoms with E-state index in [2.05, 4.69) is 10.3 Å². The molecule has 0 unspecified atom stereocenters. The smallest absolute Gasteiger partial charge is 0.317 e. The minimum Gasteiger partial charge on any atom is -0.493 e. The van der Waals surface area contributed by atoms with Crippen LogP contribution in [-0.4, -0.2) is 23.5 Å².